The van der Waals surface area contributed by atoms with Crippen molar-refractivity contribution in [3.63, 3.8) is 0 Å². The highest BCUT2D eigenvalue weighted by atomic mass is 16.7. The fraction of sp³-hybridized carbons (Fsp3) is 0.500. The Bertz CT molecular complexity index is 1430. The fourth-order valence-corrected chi connectivity index (χ4v) is 6.95. The summed E-state index contributed by atoms with van der Waals surface area (Å²) in [5.74, 6) is -3.66. The average Bonchev–Trinajstić information content (AvgIpc) is 3.28. The maximum absolute atomic E-state index is 14.7. The summed E-state index contributed by atoms with van der Waals surface area (Å²) < 4.78 is 29.4. The first-order chi connectivity index (χ1) is 20.0. The summed E-state index contributed by atoms with van der Waals surface area (Å²) in [6, 6.07) is 10.3. The molecule has 3 heterocycles. The molecular weight excluding hydrogens is 540 g/mol. The third-order valence-electron chi connectivity index (χ3n) is 8.67. The van der Waals surface area contributed by atoms with Crippen molar-refractivity contribution < 1.29 is 38.1 Å². The highest BCUT2D eigenvalue weighted by Crippen LogP contribution is 2.63. The standard InChI is InChI=1S/C32H36N2O8/c1-30(2,3)40-27(35)25-24(19-13-14-22(38-4)23(17-19)39-5)32(26-21-12-8-7-11-20(21)18-33-34(25)26)28(36)41-31(42-29(32)37)15-9-6-10-16-31/h7-8,11-14,17-18,24-26H,6,9-10,15-16H2,1-5H3/t24-,25-,26-/m1/s1. The quantitative estimate of drug-likeness (QED) is 0.379. The van der Waals surface area contributed by atoms with Gasteiger partial charge in [-0.1, -0.05) is 36.8 Å². The minimum Gasteiger partial charge on any atom is -0.493 e. The highest BCUT2D eigenvalue weighted by molar-refractivity contribution is 6.06. The molecule has 0 radical (unpaired) electrons. The van der Waals surface area contributed by atoms with Crippen LogP contribution in [0.25, 0.3) is 0 Å². The number of hydrogen-bond donors (Lipinski definition) is 0. The third kappa shape index (κ3) is 4.22. The Morgan fingerprint density at radius 1 is 0.952 bits per heavy atom. The number of rotatable bonds is 4. The van der Waals surface area contributed by atoms with E-state index in [2.05, 4.69) is 5.10 Å². The molecule has 10 heteroatoms. The van der Waals surface area contributed by atoms with Crippen molar-refractivity contribution in [1.29, 1.82) is 0 Å². The number of benzene rings is 2. The predicted molar refractivity (Wildman–Crippen MR) is 151 cm³/mol. The van der Waals surface area contributed by atoms with Crippen LogP contribution >= 0.6 is 0 Å². The SMILES string of the molecule is COc1ccc([C@@H]2[C@H](C(=O)OC(C)(C)C)N3N=Cc4ccccc4[C@@H]3C23C(=O)OC2(CCCCC2)OC3=O)cc1OC. The Morgan fingerprint density at radius 2 is 1.62 bits per heavy atom. The molecule has 6 rings (SSSR count). The van der Waals surface area contributed by atoms with Crippen molar-refractivity contribution in [2.45, 2.75) is 82.3 Å². The molecule has 0 amide bonds. The van der Waals surface area contributed by atoms with Crippen LogP contribution in [0.2, 0.25) is 0 Å². The van der Waals surface area contributed by atoms with E-state index in [4.69, 9.17) is 23.7 Å². The molecule has 10 nitrogen and oxygen atoms in total. The van der Waals surface area contributed by atoms with Gasteiger partial charge in [0.15, 0.2) is 17.5 Å². The van der Waals surface area contributed by atoms with Gasteiger partial charge < -0.3 is 23.7 Å². The Morgan fingerprint density at radius 3 is 2.26 bits per heavy atom. The molecular formula is C32H36N2O8. The number of hydrogen-bond acceptors (Lipinski definition) is 10. The maximum atomic E-state index is 14.7. The fourth-order valence-electron chi connectivity index (χ4n) is 6.95. The summed E-state index contributed by atoms with van der Waals surface area (Å²) in [6.07, 6.45) is 5.01. The van der Waals surface area contributed by atoms with E-state index in [0.29, 0.717) is 35.5 Å². The molecule has 3 atom stereocenters. The van der Waals surface area contributed by atoms with Gasteiger partial charge in [-0.2, -0.15) is 5.10 Å². The van der Waals surface area contributed by atoms with Gasteiger partial charge in [0, 0.05) is 18.8 Å². The molecule has 2 aromatic rings. The molecule has 0 bridgehead atoms. The molecule has 42 heavy (non-hydrogen) atoms. The Balaban J connectivity index is 1.61. The largest absolute Gasteiger partial charge is 0.493 e. The number of ether oxygens (including phenoxy) is 5. The van der Waals surface area contributed by atoms with Gasteiger partial charge in [0.25, 0.3) is 5.79 Å². The van der Waals surface area contributed by atoms with E-state index in [9.17, 15) is 14.4 Å². The lowest BCUT2D eigenvalue weighted by Crippen LogP contribution is -2.60. The first kappa shape index (κ1) is 28.1. The molecule has 2 spiro atoms. The number of hydrazone groups is 1. The van der Waals surface area contributed by atoms with Gasteiger partial charge in [-0.25, -0.2) is 4.79 Å². The summed E-state index contributed by atoms with van der Waals surface area (Å²) in [5.41, 5.74) is -0.941. The predicted octanol–water partition coefficient (Wildman–Crippen LogP) is 4.65. The molecule has 2 saturated heterocycles. The molecule has 1 aliphatic carbocycles. The van der Waals surface area contributed by atoms with Crippen LogP contribution < -0.4 is 9.47 Å². The van der Waals surface area contributed by atoms with Crippen LogP contribution in [0.5, 0.6) is 11.5 Å². The Hall–Kier alpha value is -4.08. The van der Waals surface area contributed by atoms with Crippen LogP contribution in [0.4, 0.5) is 0 Å². The van der Waals surface area contributed by atoms with Gasteiger partial charge in [-0.3, -0.25) is 14.6 Å². The molecule has 3 fully saturated rings. The van der Waals surface area contributed by atoms with Gasteiger partial charge in [0.1, 0.15) is 11.6 Å². The summed E-state index contributed by atoms with van der Waals surface area (Å²) in [4.78, 5) is 43.5. The van der Waals surface area contributed by atoms with Gasteiger partial charge in [-0.15, -0.1) is 0 Å². The smallest absolute Gasteiger partial charge is 0.331 e. The minimum atomic E-state index is -1.97. The topological polar surface area (TPSA) is 113 Å². The van der Waals surface area contributed by atoms with E-state index < -0.39 is 52.7 Å². The van der Waals surface area contributed by atoms with Gasteiger partial charge in [0.05, 0.1) is 20.4 Å². The summed E-state index contributed by atoms with van der Waals surface area (Å²) >= 11 is 0. The molecule has 3 aliphatic heterocycles. The van der Waals surface area contributed by atoms with Crippen LogP contribution in [0.3, 0.4) is 0 Å². The second-order valence-corrected chi connectivity index (χ2v) is 12.3. The van der Waals surface area contributed by atoms with Crippen molar-refractivity contribution in [2.24, 2.45) is 10.5 Å². The Kier molecular flexibility index (Phi) is 6.70. The highest BCUT2D eigenvalue weighted by Gasteiger charge is 2.76. The van der Waals surface area contributed by atoms with Crippen LogP contribution in [-0.4, -0.2) is 60.8 Å². The van der Waals surface area contributed by atoms with E-state index in [1.165, 1.54) is 19.2 Å². The van der Waals surface area contributed by atoms with E-state index in [1.807, 2.05) is 24.3 Å². The number of carbonyl (C=O) groups is 3. The maximum Gasteiger partial charge on any atom is 0.331 e. The lowest BCUT2D eigenvalue weighted by molar-refractivity contribution is -0.273. The van der Waals surface area contributed by atoms with Gasteiger partial charge >= 0.3 is 17.9 Å². The molecule has 0 aromatic heterocycles. The zero-order valence-corrected chi connectivity index (χ0v) is 24.5. The second kappa shape index (κ2) is 10.0. The first-order valence-corrected chi connectivity index (χ1v) is 14.4. The summed E-state index contributed by atoms with van der Waals surface area (Å²) in [7, 11) is 3.01. The second-order valence-electron chi connectivity index (χ2n) is 12.3. The van der Waals surface area contributed by atoms with Crippen LogP contribution in [0.15, 0.2) is 47.6 Å². The monoisotopic (exact) mass is 576 g/mol. The summed E-state index contributed by atoms with van der Waals surface area (Å²) in [6.45, 7) is 5.30. The molecule has 1 saturated carbocycles. The van der Waals surface area contributed by atoms with Crippen molar-refractivity contribution >= 4 is 24.1 Å². The van der Waals surface area contributed by atoms with E-state index in [-0.39, 0.29) is 0 Å². The van der Waals surface area contributed by atoms with Gasteiger partial charge in [0.2, 0.25) is 5.41 Å². The van der Waals surface area contributed by atoms with E-state index in [0.717, 1.165) is 24.8 Å². The van der Waals surface area contributed by atoms with Crippen molar-refractivity contribution in [2.75, 3.05) is 14.2 Å². The molecule has 4 aliphatic rings. The normalized spacial score (nSPS) is 25.4. The zero-order chi connectivity index (χ0) is 29.9. The van der Waals surface area contributed by atoms with Crippen molar-refractivity contribution in [3.8, 4) is 11.5 Å². The lowest BCUT2D eigenvalue weighted by Gasteiger charge is -2.47. The molecule has 0 unspecified atom stereocenters. The van der Waals surface area contributed by atoms with Crippen molar-refractivity contribution in [1.82, 2.24) is 5.01 Å². The van der Waals surface area contributed by atoms with Crippen LogP contribution in [0, 0.1) is 5.41 Å². The van der Waals surface area contributed by atoms with E-state index >= 15 is 0 Å². The van der Waals surface area contributed by atoms with E-state index in [1.54, 1.807) is 45.2 Å². The summed E-state index contributed by atoms with van der Waals surface area (Å²) in [5, 5.41) is 6.20. The minimum absolute atomic E-state index is 0.378. The van der Waals surface area contributed by atoms with Gasteiger partial charge in [-0.05, 0) is 62.4 Å². The number of fused-ring (bicyclic) bond motifs is 4. The number of methoxy groups -OCH3 is 2. The Labute approximate surface area is 244 Å². The molecule has 0 N–H and O–H groups in total. The van der Waals surface area contributed by atoms with Crippen LogP contribution in [0.1, 0.15) is 81.5 Å². The zero-order valence-electron chi connectivity index (χ0n) is 24.5. The number of carbonyl (C=O) groups excluding carboxylic acids is 3. The number of nitrogens with zero attached hydrogens (tertiary/aromatic N) is 2. The average molecular weight is 577 g/mol. The van der Waals surface area contributed by atoms with Crippen LogP contribution in [-0.2, 0) is 28.6 Å². The molecule has 2 aromatic carbocycles. The first-order valence-electron chi connectivity index (χ1n) is 14.4. The van der Waals surface area contributed by atoms with Crippen molar-refractivity contribution in [3.05, 3.63) is 59.2 Å². The molecule has 222 valence electrons. The number of esters is 3. The third-order valence-corrected chi connectivity index (χ3v) is 8.67. The lowest BCUT2D eigenvalue weighted by atomic mass is 9.65.